The van der Waals surface area contributed by atoms with Gasteiger partial charge in [-0.2, -0.15) is 17.0 Å². The van der Waals surface area contributed by atoms with Crippen molar-refractivity contribution >= 4 is 10.2 Å². The van der Waals surface area contributed by atoms with E-state index in [4.69, 9.17) is 5.73 Å². The molecule has 0 saturated carbocycles. The molecule has 1 aliphatic heterocycles. The second-order valence-electron chi connectivity index (χ2n) is 4.09. The molecule has 15 heavy (non-hydrogen) atoms. The molecule has 6 heteroatoms. The standard InChI is InChI=1S/C9H21N3O2S/c1-3-4-6-11(2)15(13,14)12-7-5-9(10)8-12/h9H,3-8,10H2,1-2H3/t9-/m1/s1. The molecule has 0 unspecified atom stereocenters. The first-order chi connectivity index (χ1) is 6.98. The third-order valence-corrected chi connectivity index (χ3v) is 4.69. The lowest BCUT2D eigenvalue weighted by atomic mass is 10.3. The first kappa shape index (κ1) is 12.9. The zero-order chi connectivity index (χ0) is 11.5. The van der Waals surface area contributed by atoms with Gasteiger partial charge in [-0.3, -0.25) is 0 Å². The highest BCUT2D eigenvalue weighted by Crippen LogP contribution is 2.15. The normalized spacial score (nSPS) is 23.9. The molecule has 1 rings (SSSR count). The number of rotatable bonds is 5. The van der Waals surface area contributed by atoms with E-state index in [1.54, 1.807) is 7.05 Å². The van der Waals surface area contributed by atoms with Crippen molar-refractivity contribution in [2.45, 2.75) is 32.2 Å². The average molecular weight is 235 g/mol. The summed E-state index contributed by atoms with van der Waals surface area (Å²) < 4.78 is 26.9. The first-order valence-corrected chi connectivity index (χ1v) is 6.85. The van der Waals surface area contributed by atoms with E-state index in [9.17, 15) is 8.42 Å². The van der Waals surface area contributed by atoms with Crippen molar-refractivity contribution in [2.24, 2.45) is 5.73 Å². The fourth-order valence-corrected chi connectivity index (χ4v) is 3.13. The van der Waals surface area contributed by atoms with Crippen molar-refractivity contribution in [2.75, 3.05) is 26.7 Å². The van der Waals surface area contributed by atoms with Crippen molar-refractivity contribution in [3.8, 4) is 0 Å². The Labute approximate surface area is 92.4 Å². The van der Waals surface area contributed by atoms with Crippen molar-refractivity contribution < 1.29 is 8.42 Å². The van der Waals surface area contributed by atoms with Gasteiger partial charge in [0.1, 0.15) is 0 Å². The zero-order valence-electron chi connectivity index (χ0n) is 9.52. The molecule has 0 radical (unpaired) electrons. The highest BCUT2D eigenvalue weighted by molar-refractivity contribution is 7.86. The van der Waals surface area contributed by atoms with Gasteiger partial charge in [0.15, 0.2) is 0 Å². The third-order valence-electron chi connectivity index (χ3n) is 2.73. The van der Waals surface area contributed by atoms with E-state index in [1.807, 2.05) is 6.92 Å². The monoisotopic (exact) mass is 235 g/mol. The summed E-state index contributed by atoms with van der Waals surface area (Å²) in [5, 5.41) is 0. The maximum Gasteiger partial charge on any atom is 0.281 e. The van der Waals surface area contributed by atoms with Gasteiger partial charge in [0, 0.05) is 32.7 Å². The van der Waals surface area contributed by atoms with Crippen LogP contribution in [0.15, 0.2) is 0 Å². The molecule has 0 amide bonds. The van der Waals surface area contributed by atoms with Gasteiger partial charge in [0.2, 0.25) is 0 Å². The van der Waals surface area contributed by atoms with E-state index in [-0.39, 0.29) is 6.04 Å². The van der Waals surface area contributed by atoms with Crippen LogP contribution in [0.4, 0.5) is 0 Å². The van der Waals surface area contributed by atoms with Crippen LogP contribution in [0, 0.1) is 0 Å². The molecule has 1 heterocycles. The molecule has 0 aromatic rings. The number of unbranched alkanes of at least 4 members (excludes halogenated alkanes) is 1. The van der Waals surface area contributed by atoms with E-state index in [2.05, 4.69) is 0 Å². The molecule has 0 bridgehead atoms. The number of nitrogens with zero attached hydrogens (tertiary/aromatic N) is 2. The summed E-state index contributed by atoms with van der Waals surface area (Å²) in [5.41, 5.74) is 5.70. The van der Waals surface area contributed by atoms with E-state index >= 15 is 0 Å². The molecule has 2 N–H and O–H groups in total. The lowest BCUT2D eigenvalue weighted by Gasteiger charge is -2.23. The maximum absolute atomic E-state index is 12.0. The smallest absolute Gasteiger partial charge is 0.281 e. The van der Waals surface area contributed by atoms with Crippen molar-refractivity contribution in [1.29, 1.82) is 0 Å². The predicted octanol–water partition coefficient (Wildman–Crippen LogP) is -0.00390. The van der Waals surface area contributed by atoms with Gasteiger partial charge in [0.05, 0.1) is 0 Å². The number of nitrogens with two attached hydrogens (primary N) is 1. The summed E-state index contributed by atoms with van der Waals surface area (Å²) in [5.74, 6) is 0. The molecule has 1 atom stereocenters. The molecule has 1 saturated heterocycles. The quantitative estimate of drug-likeness (QED) is 0.729. The van der Waals surface area contributed by atoms with Crippen LogP contribution in [0.3, 0.4) is 0 Å². The van der Waals surface area contributed by atoms with Crippen molar-refractivity contribution in [3.63, 3.8) is 0 Å². The first-order valence-electron chi connectivity index (χ1n) is 5.45. The Morgan fingerprint density at radius 3 is 2.67 bits per heavy atom. The predicted molar refractivity (Wildman–Crippen MR) is 60.6 cm³/mol. The highest BCUT2D eigenvalue weighted by atomic mass is 32.2. The van der Waals surface area contributed by atoms with Crippen molar-refractivity contribution in [3.05, 3.63) is 0 Å². The van der Waals surface area contributed by atoms with E-state index in [0.717, 1.165) is 19.3 Å². The van der Waals surface area contributed by atoms with Crippen LogP contribution in [0.25, 0.3) is 0 Å². The minimum Gasteiger partial charge on any atom is -0.326 e. The molecule has 0 aliphatic carbocycles. The second kappa shape index (κ2) is 5.25. The highest BCUT2D eigenvalue weighted by Gasteiger charge is 2.32. The topological polar surface area (TPSA) is 66.6 Å². The fourth-order valence-electron chi connectivity index (χ4n) is 1.66. The lowest BCUT2D eigenvalue weighted by molar-refractivity contribution is 0.388. The van der Waals surface area contributed by atoms with Crippen LogP contribution in [-0.4, -0.2) is 49.8 Å². The molecule has 0 aromatic heterocycles. The molecule has 5 nitrogen and oxygen atoms in total. The zero-order valence-corrected chi connectivity index (χ0v) is 10.3. The van der Waals surface area contributed by atoms with Gasteiger partial charge in [-0.25, -0.2) is 0 Å². The Morgan fingerprint density at radius 2 is 2.20 bits per heavy atom. The van der Waals surface area contributed by atoms with Gasteiger partial charge < -0.3 is 5.73 Å². The average Bonchev–Trinajstić information content (AvgIpc) is 2.61. The SMILES string of the molecule is CCCCN(C)S(=O)(=O)N1CC[C@@H](N)C1. The fraction of sp³-hybridized carbons (Fsp3) is 1.00. The van der Waals surface area contributed by atoms with Crippen LogP contribution >= 0.6 is 0 Å². The summed E-state index contributed by atoms with van der Waals surface area (Å²) in [6.45, 7) is 3.65. The van der Waals surface area contributed by atoms with Crippen LogP contribution in [0.2, 0.25) is 0 Å². The van der Waals surface area contributed by atoms with E-state index in [1.165, 1.54) is 8.61 Å². The molecule has 0 spiro atoms. The van der Waals surface area contributed by atoms with Crippen LogP contribution in [0.5, 0.6) is 0 Å². The Kier molecular flexibility index (Phi) is 4.51. The van der Waals surface area contributed by atoms with Gasteiger partial charge in [-0.05, 0) is 12.8 Å². The van der Waals surface area contributed by atoms with E-state index < -0.39 is 10.2 Å². The minimum absolute atomic E-state index is 0.000602. The lowest BCUT2D eigenvalue weighted by Crippen LogP contribution is -2.42. The Bertz CT molecular complexity index is 292. The second-order valence-corrected chi connectivity index (χ2v) is 6.13. The minimum atomic E-state index is -3.26. The Hall–Kier alpha value is -0.170. The molecular weight excluding hydrogens is 214 g/mol. The van der Waals surface area contributed by atoms with Gasteiger partial charge >= 0.3 is 0 Å². The Morgan fingerprint density at radius 1 is 1.53 bits per heavy atom. The summed E-state index contributed by atoms with van der Waals surface area (Å²) in [7, 11) is -1.62. The summed E-state index contributed by atoms with van der Waals surface area (Å²) >= 11 is 0. The van der Waals surface area contributed by atoms with Crippen LogP contribution in [-0.2, 0) is 10.2 Å². The van der Waals surface area contributed by atoms with Crippen molar-refractivity contribution in [1.82, 2.24) is 8.61 Å². The third kappa shape index (κ3) is 3.14. The van der Waals surface area contributed by atoms with Crippen LogP contribution in [0.1, 0.15) is 26.2 Å². The number of hydrogen-bond donors (Lipinski definition) is 1. The molecule has 0 aromatic carbocycles. The van der Waals surface area contributed by atoms with Gasteiger partial charge in [0.25, 0.3) is 10.2 Å². The Balaban J connectivity index is 2.57. The maximum atomic E-state index is 12.0. The number of hydrogen-bond acceptors (Lipinski definition) is 3. The van der Waals surface area contributed by atoms with Gasteiger partial charge in [-0.15, -0.1) is 0 Å². The molecule has 90 valence electrons. The summed E-state index contributed by atoms with van der Waals surface area (Å²) in [6.07, 6.45) is 2.66. The largest absolute Gasteiger partial charge is 0.326 e. The van der Waals surface area contributed by atoms with E-state index in [0.29, 0.717) is 19.6 Å². The molecule has 1 fully saturated rings. The molecule has 1 aliphatic rings. The summed E-state index contributed by atoms with van der Waals surface area (Å²) in [4.78, 5) is 0. The molecular formula is C9H21N3O2S. The van der Waals surface area contributed by atoms with Crippen LogP contribution < -0.4 is 5.73 Å². The summed E-state index contributed by atoms with van der Waals surface area (Å²) in [6, 6.07) is -0.000602. The van der Waals surface area contributed by atoms with Gasteiger partial charge in [-0.1, -0.05) is 13.3 Å².